The Morgan fingerprint density at radius 1 is 1.40 bits per heavy atom. The molecule has 110 valence electrons. The molecule has 1 N–H and O–H groups in total. The van der Waals surface area contributed by atoms with Crippen LogP contribution in [0.3, 0.4) is 0 Å². The van der Waals surface area contributed by atoms with E-state index in [4.69, 9.17) is 14.2 Å². The van der Waals surface area contributed by atoms with E-state index in [1.807, 2.05) is 6.92 Å². The van der Waals surface area contributed by atoms with Gasteiger partial charge in [-0.05, 0) is 20.8 Å². The van der Waals surface area contributed by atoms with Gasteiger partial charge in [0.15, 0.2) is 17.8 Å². The van der Waals surface area contributed by atoms with Crippen molar-refractivity contribution < 1.29 is 18.6 Å². The van der Waals surface area contributed by atoms with E-state index >= 15 is 0 Å². The lowest BCUT2D eigenvalue weighted by atomic mass is 10.1. The summed E-state index contributed by atoms with van der Waals surface area (Å²) < 4.78 is 31.7. The maximum Gasteiger partial charge on any atom is 0.328 e. The van der Waals surface area contributed by atoms with Crippen LogP contribution < -0.4 is 5.69 Å². The van der Waals surface area contributed by atoms with Gasteiger partial charge in [-0.3, -0.25) is 9.55 Å². The van der Waals surface area contributed by atoms with Gasteiger partial charge in [0.25, 0.3) is 0 Å². The summed E-state index contributed by atoms with van der Waals surface area (Å²) in [7, 11) is 0. The zero-order valence-electron chi connectivity index (χ0n) is 11.3. The molecule has 3 heterocycles. The number of nitrogens with zero attached hydrogens (tertiary/aromatic N) is 1. The van der Waals surface area contributed by atoms with Gasteiger partial charge in [-0.2, -0.15) is 0 Å². The summed E-state index contributed by atoms with van der Waals surface area (Å²) in [5.41, 5.74) is -0.539. The van der Waals surface area contributed by atoms with Crippen molar-refractivity contribution in [1.82, 2.24) is 9.55 Å². The Balaban J connectivity index is 2.01. The van der Waals surface area contributed by atoms with Gasteiger partial charge in [0.1, 0.15) is 16.8 Å². The van der Waals surface area contributed by atoms with Crippen LogP contribution in [0.1, 0.15) is 27.0 Å². The molecule has 6 nitrogen and oxygen atoms in total. The van der Waals surface area contributed by atoms with Gasteiger partial charge >= 0.3 is 5.69 Å². The van der Waals surface area contributed by atoms with E-state index in [1.165, 1.54) is 0 Å². The topological polar surface area (TPSA) is 65.5 Å². The molecule has 0 amide bonds. The molecule has 2 aliphatic heterocycles. The highest BCUT2D eigenvalue weighted by atomic mass is 32.1. The van der Waals surface area contributed by atoms with Gasteiger partial charge in [-0.25, -0.2) is 9.18 Å². The Bertz CT molecular complexity index is 656. The Morgan fingerprint density at radius 2 is 2.05 bits per heavy atom. The summed E-state index contributed by atoms with van der Waals surface area (Å²) >= 11 is 4.69. The third-order valence-corrected chi connectivity index (χ3v) is 3.76. The van der Waals surface area contributed by atoms with Crippen molar-refractivity contribution in [3.05, 3.63) is 27.1 Å². The molecule has 1 aromatic rings. The second-order valence-electron chi connectivity index (χ2n) is 5.44. The van der Waals surface area contributed by atoms with Gasteiger partial charge in [-0.1, -0.05) is 12.2 Å². The van der Waals surface area contributed by atoms with E-state index in [0.717, 1.165) is 10.8 Å². The van der Waals surface area contributed by atoms with Crippen molar-refractivity contribution in [2.24, 2.45) is 0 Å². The molecule has 4 atom stereocenters. The first-order valence-electron chi connectivity index (χ1n) is 6.30. The fourth-order valence-corrected chi connectivity index (χ4v) is 2.79. The molecule has 2 fully saturated rings. The van der Waals surface area contributed by atoms with Crippen molar-refractivity contribution >= 4 is 12.2 Å². The first kappa shape index (κ1) is 13.9. The van der Waals surface area contributed by atoms with E-state index in [1.54, 1.807) is 13.8 Å². The fraction of sp³-hybridized carbons (Fsp3) is 0.667. The summed E-state index contributed by atoms with van der Waals surface area (Å²) in [6.45, 7) is 5.41. The number of hydrogen-bond donors (Lipinski definition) is 1. The molecule has 3 rings (SSSR count). The number of ether oxygens (including phenoxy) is 3. The lowest BCUT2D eigenvalue weighted by Crippen LogP contribution is -2.35. The fourth-order valence-electron chi connectivity index (χ4n) is 2.65. The number of halogens is 1. The molecule has 0 aromatic carbocycles. The first-order chi connectivity index (χ1) is 9.28. The van der Waals surface area contributed by atoms with E-state index in [0.29, 0.717) is 0 Å². The Morgan fingerprint density at radius 3 is 2.75 bits per heavy atom. The van der Waals surface area contributed by atoms with Crippen molar-refractivity contribution in [3.8, 4) is 0 Å². The van der Waals surface area contributed by atoms with Gasteiger partial charge in [0, 0.05) is 0 Å². The minimum atomic E-state index is -0.755. The van der Waals surface area contributed by atoms with Crippen LogP contribution in [0.4, 0.5) is 4.39 Å². The van der Waals surface area contributed by atoms with Crippen molar-refractivity contribution in [2.45, 2.75) is 51.1 Å². The predicted octanol–water partition coefficient (Wildman–Crippen LogP) is 1.48. The zero-order valence-corrected chi connectivity index (χ0v) is 12.1. The molecule has 1 aromatic heterocycles. The number of nitrogens with one attached hydrogen (secondary N) is 1. The molecule has 2 aliphatic rings. The molecule has 2 saturated heterocycles. The van der Waals surface area contributed by atoms with Crippen LogP contribution in [-0.4, -0.2) is 33.7 Å². The summed E-state index contributed by atoms with van der Waals surface area (Å²) in [4.78, 5) is 14.2. The molecule has 0 radical (unpaired) electrons. The Hall–Kier alpha value is -1.09. The number of aromatic amines is 1. The normalized spacial score (nSPS) is 35.2. The molecule has 0 spiro atoms. The van der Waals surface area contributed by atoms with Crippen molar-refractivity contribution in [3.63, 3.8) is 0 Å². The molecule has 0 aliphatic carbocycles. The van der Waals surface area contributed by atoms with Crippen LogP contribution in [-0.2, 0) is 14.2 Å². The largest absolute Gasteiger partial charge is 0.349 e. The van der Waals surface area contributed by atoms with E-state index < -0.39 is 29.6 Å². The van der Waals surface area contributed by atoms with Crippen LogP contribution in [0, 0.1) is 10.5 Å². The summed E-state index contributed by atoms with van der Waals surface area (Å²) in [5, 5.41) is 0. The minimum absolute atomic E-state index is 0.224. The lowest BCUT2D eigenvalue weighted by molar-refractivity contribution is -0.195. The quantitative estimate of drug-likeness (QED) is 0.796. The first-order valence-corrected chi connectivity index (χ1v) is 6.71. The van der Waals surface area contributed by atoms with E-state index in [2.05, 4.69) is 17.2 Å². The van der Waals surface area contributed by atoms with E-state index in [-0.39, 0.29) is 16.8 Å². The highest BCUT2D eigenvalue weighted by molar-refractivity contribution is 7.71. The van der Waals surface area contributed by atoms with Gasteiger partial charge < -0.3 is 14.2 Å². The Kier molecular flexibility index (Phi) is 3.09. The SMILES string of the molecule is C[C@H]1O[C@@H](n2cc(F)c(=S)[nH]c2=O)C2OC(C)(C)OC21. The summed E-state index contributed by atoms with van der Waals surface area (Å²) in [6.07, 6.45) is -0.736. The highest BCUT2D eigenvalue weighted by Gasteiger charge is 2.54. The maximum atomic E-state index is 13.6. The third kappa shape index (κ3) is 2.12. The van der Waals surface area contributed by atoms with Gasteiger partial charge in [-0.15, -0.1) is 0 Å². The molecular weight excluding hydrogens is 287 g/mol. The van der Waals surface area contributed by atoms with Crippen molar-refractivity contribution in [1.29, 1.82) is 0 Å². The molecule has 8 heteroatoms. The highest BCUT2D eigenvalue weighted by Crippen LogP contribution is 2.42. The van der Waals surface area contributed by atoms with Crippen molar-refractivity contribution in [2.75, 3.05) is 0 Å². The standard InChI is InChI=1S/C12H15FN2O4S/c1-5-7-8(19-12(2,3)18-7)10(17-5)15-4-6(13)9(20)14-11(15)16/h4-5,7-8,10H,1-3H3,(H,14,16,20)/t5-,7?,8?,10-/m1/s1. The number of aromatic nitrogens is 2. The number of rotatable bonds is 1. The van der Waals surface area contributed by atoms with Crippen LogP contribution in [0.25, 0.3) is 0 Å². The molecular formula is C12H15FN2O4S. The second-order valence-corrected chi connectivity index (χ2v) is 5.85. The second kappa shape index (κ2) is 4.45. The average Bonchev–Trinajstić information content (AvgIpc) is 2.80. The van der Waals surface area contributed by atoms with Gasteiger partial charge in [0.05, 0.1) is 12.3 Å². The van der Waals surface area contributed by atoms with Gasteiger partial charge in [0.2, 0.25) is 0 Å². The third-order valence-electron chi connectivity index (χ3n) is 3.46. The van der Waals surface area contributed by atoms with E-state index in [9.17, 15) is 9.18 Å². The number of hydrogen-bond acceptors (Lipinski definition) is 5. The van der Waals surface area contributed by atoms with Crippen LogP contribution >= 0.6 is 12.2 Å². The maximum absolute atomic E-state index is 13.6. The van der Waals surface area contributed by atoms with Crippen LogP contribution in [0.2, 0.25) is 0 Å². The Labute approximate surface area is 119 Å². The van der Waals surface area contributed by atoms with Crippen LogP contribution in [0.5, 0.6) is 0 Å². The summed E-state index contributed by atoms with van der Waals surface area (Å²) in [6, 6.07) is 0. The average molecular weight is 302 g/mol. The minimum Gasteiger partial charge on any atom is -0.349 e. The molecule has 0 bridgehead atoms. The summed E-state index contributed by atoms with van der Waals surface area (Å²) in [5.74, 6) is -1.44. The molecule has 0 saturated carbocycles. The molecule has 20 heavy (non-hydrogen) atoms. The number of H-pyrrole nitrogens is 1. The predicted molar refractivity (Wildman–Crippen MR) is 69.3 cm³/mol. The monoisotopic (exact) mass is 302 g/mol. The number of fused-ring (bicyclic) bond motifs is 1. The molecule has 2 unspecified atom stereocenters. The zero-order chi connectivity index (χ0) is 14.7. The van der Waals surface area contributed by atoms with Crippen LogP contribution in [0.15, 0.2) is 11.0 Å². The smallest absolute Gasteiger partial charge is 0.328 e. The lowest BCUT2D eigenvalue weighted by Gasteiger charge is -2.23.